The van der Waals surface area contributed by atoms with Crippen LogP contribution in [0.25, 0.3) is 0 Å². The van der Waals surface area contributed by atoms with Crippen LogP contribution in [0.3, 0.4) is 0 Å². The predicted octanol–water partition coefficient (Wildman–Crippen LogP) is 1.29. The SMILES string of the molecule is CC(C)NC(C)(CC(C)OCC(F)F)C(N)=O. The van der Waals surface area contributed by atoms with Crippen molar-refractivity contribution in [1.29, 1.82) is 0 Å². The molecule has 2 atom stereocenters. The smallest absolute Gasteiger partial charge is 0.261 e. The summed E-state index contributed by atoms with van der Waals surface area (Å²) in [6, 6.07) is 0.0646. The highest BCUT2D eigenvalue weighted by atomic mass is 19.3. The molecule has 0 aliphatic carbocycles. The Labute approximate surface area is 101 Å². The van der Waals surface area contributed by atoms with Gasteiger partial charge in [-0.05, 0) is 27.7 Å². The van der Waals surface area contributed by atoms with E-state index in [2.05, 4.69) is 5.32 Å². The Kier molecular flexibility index (Phi) is 6.56. The van der Waals surface area contributed by atoms with Crippen molar-refractivity contribution in [2.75, 3.05) is 6.61 Å². The van der Waals surface area contributed by atoms with Crippen LogP contribution in [-0.2, 0) is 9.53 Å². The molecule has 4 nitrogen and oxygen atoms in total. The fourth-order valence-corrected chi connectivity index (χ4v) is 1.74. The van der Waals surface area contributed by atoms with Crippen LogP contribution in [0.1, 0.15) is 34.1 Å². The predicted molar refractivity (Wildman–Crippen MR) is 61.9 cm³/mol. The molecule has 1 amide bonds. The summed E-state index contributed by atoms with van der Waals surface area (Å²) in [7, 11) is 0. The van der Waals surface area contributed by atoms with Crippen molar-refractivity contribution in [3.63, 3.8) is 0 Å². The number of nitrogens with two attached hydrogens (primary N) is 1. The standard InChI is InChI=1S/C11H22F2N2O2/c1-7(2)15-11(4,10(14)16)5-8(3)17-6-9(12)13/h7-9,15H,5-6H2,1-4H3,(H2,14,16). The molecule has 0 aromatic heterocycles. The lowest BCUT2D eigenvalue weighted by Crippen LogP contribution is -2.57. The Morgan fingerprint density at radius 3 is 2.29 bits per heavy atom. The van der Waals surface area contributed by atoms with E-state index in [1.54, 1.807) is 13.8 Å². The highest BCUT2D eigenvalue weighted by Gasteiger charge is 2.33. The van der Waals surface area contributed by atoms with E-state index in [0.29, 0.717) is 0 Å². The third kappa shape index (κ3) is 6.53. The van der Waals surface area contributed by atoms with E-state index in [9.17, 15) is 13.6 Å². The van der Waals surface area contributed by atoms with Gasteiger partial charge in [-0.2, -0.15) is 0 Å². The molecule has 0 saturated carbocycles. The van der Waals surface area contributed by atoms with Crippen LogP contribution in [0.4, 0.5) is 8.78 Å². The highest BCUT2D eigenvalue weighted by molar-refractivity contribution is 5.84. The van der Waals surface area contributed by atoms with Gasteiger partial charge < -0.3 is 15.8 Å². The summed E-state index contributed by atoms with van der Waals surface area (Å²) in [5, 5.41) is 3.03. The lowest BCUT2D eigenvalue weighted by atomic mass is 9.93. The number of alkyl halides is 2. The number of nitrogens with one attached hydrogen (secondary N) is 1. The number of halogens is 2. The van der Waals surface area contributed by atoms with Gasteiger partial charge in [-0.3, -0.25) is 4.79 Å². The molecule has 0 aliphatic rings. The average Bonchev–Trinajstić information content (AvgIpc) is 2.12. The first-order valence-electron chi connectivity index (χ1n) is 5.64. The molecule has 0 rings (SSSR count). The van der Waals surface area contributed by atoms with Crippen molar-refractivity contribution in [2.45, 2.75) is 58.2 Å². The van der Waals surface area contributed by atoms with E-state index in [0.717, 1.165) is 0 Å². The number of hydrogen-bond acceptors (Lipinski definition) is 3. The molecule has 0 saturated heterocycles. The van der Waals surface area contributed by atoms with Crippen molar-refractivity contribution in [2.24, 2.45) is 5.73 Å². The minimum atomic E-state index is -2.50. The average molecular weight is 252 g/mol. The summed E-state index contributed by atoms with van der Waals surface area (Å²) in [4.78, 5) is 11.4. The Morgan fingerprint density at radius 2 is 1.94 bits per heavy atom. The Morgan fingerprint density at radius 1 is 1.41 bits per heavy atom. The molecule has 0 fully saturated rings. The normalized spacial score (nSPS) is 17.2. The van der Waals surface area contributed by atoms with E-state index in [-0.39, 0.29) is 12.5 Å². The van der Waals surface area contributed by atoms with E-state index in [4.69, 9.17) is 10.5 Å². The van der Waals surface area contributed by atoms with Crippen molar-refractivity contribution in [3.05, 3.63) is 0 Å². The maximum absolute atomic E-state index is 12.0. The molecule has 2 unspecified atom stereocenters. The summed E-state index contributed by atoms with van der Waals surface area (Å²) < 4.78 is 28.9. The van der Waals surface area contributed by atoms with Crippen LogP contribution >= 0.6 is 0 Å². The zero-order valence-corrected chi connectivity index (χ0v) is 10.8. The van der Waals surface area contributed by atoms with Gasteiger partial charge >= 0.3 is 0 Å². The molecule has 0 heterocycles. The van der Waals surface area contributed by atoms with Crippen LogP contribution in [0.2, 0.25) is 0 Å². The number of rotatable bonds is 8. The molecule has 6 heteroatoms. The van der Waals surface area contributed by atoms with Gasteiger partial charge in [0.25, 0.3) is 6.43 Å². The van der Waals surface area contributed by atoms with Crippen molar-refractivity contribution in [3.8, 4) is 0 Å². The largest absolute Gasteiger partial charge is 0.372 e. The monoisotopic (exact) mass is 252 g/mol. The number of carbonyl (C=O) groups excluding carboxylic acids is 1. The van der Waals surface area contributed by atoms with Gasteiger partial charge in [0.15, 0.2) is 0 Å². The van der Waals surface area contributed by atoms with Crippen molar-refractivity contribution in [1.82, 2.24) is 5.32 Å². The fraction of sp³-hybridized carbons (Fsp3) is 0.909. The molecule has 102 valence electrons. The van der Waals surface area contributed by atoms with E-state index in [1.807, 2.05) is 13.8 Å². The number of hydrogen-bond donors (Lipinski definition) is 2. The van der Waals surface area contributed by atoms with Gasteiger partial charge in [-0.25, -0.2) is 8.78 Å². The first-order valence-corrected chi connectivity index (χ1v) is 5.64. The molecular weight excluding hydrogens is 230 g/mol. The number of carbonyl (C=O) groups is 1. The van der Waals surface area contributed by atoms with Crippen molar-refractivity contribution < 1.29 is 18.3 Å². The van der Waals surface area contributed by atoms with Gasteiger partial charge in [-0.15, -0.1) is 0 Å². The Hall–Kier alpha value is -0.750. The third-order valence-corrected chi connectivity index (χ3v) is 2.35. The Balaban J connectivity index is 4.38. The topological polar surface area (TPSA) is 64.3 Å². The van der Waals surface area contributed by atoms with E-state index in [1.165, 1.54) is 0 Å². The summed E-state index contributed by atoms with van der Waals surface area (Å²) >= 11 is 0. The molecule has 0 aromatic rings. The van der Waals surface area contributed by atoms with Crippen LogP contribution in [-0.4, -0.2) is 36.6 Å². The molecule has 0 bridgehead atoms. The molecular formula is C11H22F2N2O2. The first kappa shape index (κ1) is 16.2. The van der Waals surface area contributed by atoms with Gasteiger partial charge in [0, 0.05) is 12.5 Å². The summed E-state index contributed by atoms with van der Waals surface area (Å²) in [5.74, 6) is -0.515. The summed E-state index contributed by atoms with van der Waals surface area (Å²) in [6.45, 7) is 6.43. The summed E-state index contributed by atoms with van der Waals surface area (Å²) in [5.41, 5.74) is 4.37. The lowest BCUT2D eigenvalue weighted by molar-refractivity contribution is -0.126. The number of primary amides is 1. The zero-order chi connectivity index (χ0) is 13.6. The van der Waals surface area contributed by atoms with Crippen LogP contribution in [0, 0.1) is 0 Å². The molecule has 3 N–H and O–H groups in total. The maximum atomic E-state index is 12.0. The lowest BCUT2D eigenvalue weighted by Gasteiger charge is -2.32. The van der Waals surface area contributed by atoms with E-state index < -0.39 is 30.6 Å². The second-order valence-corrected chi connectivity index (χ2v) is 4.73. The minimum Gasteiger partial charge on any atom is -0.372 e. The third-order valence-electron chi connectivity index (χ3n) is 2.35. The quantitative estimate of drug-likeness (QED) is 0.684. The second-order valence-electron chi connectivity index (χ2n) is 4.73. The zero-order valence-electron chi connectivity index (χ0n) is 10.8. The van der Waals surface area contributed by atoms with Crippen LogP contribution in [0.15, 0.2) is 0 Å². The van der Waals surface area contributed by atoms with Gasteiger partial charge in [0.05, 0.1) is 11.6 Å². The summed E-state index contributed by atoms with van der Waals surface area (Å²) in [6.07, 6.45) is -2.71. The molecule has 0 aromatic carbocycles. The first-order chi connectivity index (χ1) is 7.67. The molecule has 0 spiro atoms. The van der Waals surface area contributed by atoms with Crippen molar-refractivity contribution >= 4 is 5.91 Å². The van der Waals surface area contributed by atoms with Gasteiger partial charge in [0.1, 0.15) is 6.61 Å². The van der Waals surface area contributed by atoms with E-state index >= 15 is 0 Å². The molecule has 0 radical (unpaired) electrons. The maximum Gasteiger partial charge on any atom is 0.261 e. The molecule has 0 aliphatic heterocycles. The number of amides is 1. The Bertz CT molecular complexity index is 250. The number of ether oxygens (including phenoxy) is 1. The van der Waals surface area contributed by atoms with Gasteiger partial charge in [0.2, 0.25) is 5.91 Å². The second kappa shape index (κ2) is 6.86. The minimum absolute atomic E-state index is 0.0646. The van der Waals surface area contributed by atoms with Crippen LogP contribution < -0.4 is 11.1 Å². The molecule has 17 heavy (non-hydrogen) atoms. The highest BCUT2D eigenvalue weighted by Crippen LogP contribution is 2.16. The van der Waals surface area contributed by atoms with Crippen LogP contribution in [0.5, 0.6) is 0 Å². The fourth-order valence-electron chi connectivity index (χ4n) is 1.74. The van der Waals surface area contributed by atoms with Gasteiger partial charge in [-0.1, -0.05) is 0 Å².